The van der Waals surface area contributed by atoms with Gasteiger partial charge in [0.25, 0.3) is 0 Å². The van der Waals surface area contributed by atoms with Crippen molar-refractivity contribution in [3.63, 3.8) is 0 Å². The molecule has 0 radical (unpaired) electrons. The summed E-state index contributed by atoms with van der Waals surface area (Å²) in [6.45, 7) is 13.1. The van der Waals surface area contributed by atoms with Crippen LogP contribution in [0.25, 0.3) is 0 Å². The molecule has 1 saturated heterocycles. The highest BCUT2D eigenvalue weighted by molar-refractivity contribution is 5.69. The maximum atomic E-state index is 12.7. The summed E-state index contributed by atoms with van der Waals surface area (Å²) in [5, 5.41) is 0. The standard InChI is InChI=1S/C17H32N2O2/c1-12(18)17(9-10-17)13-7-8-16(5,6)11-19(13)14(20)21-15(2,3)4/h12-13H,7-11,18H2,1-6H3. The smallest absolute Gasteiger partial charge is 0.410 e. The first kappa shape index (κ1) is 16.6. The molecule has 2 rings (SSSR count). The van der Waals surface area contributed by atoms with Gasteiger partial charge in [0.2, 0.25) is 0 Å². The minimum atomic E-state index is -0.450. The molecule has 2 atom stereocenters. The summed E-state index contributed by atoms with van der Waals surface area (Å²) in [7, 11) is 0. The topological polar surface area (TPSA) is 55.6 Å². The molecule has 0 aromatic carbocycles. The number of rotatable bonds is 2. The van der Waals surface area contributed by atoms with Gasteiger partial charge < -0.3 is 15.4 Å². The molecule has 4 heteroatoms. The minimum absolute atomic E-state index is 0.118. The number of nitrogens with two attached hydrogens (primary N) is 1. The fraction of sp³-hybridized carbons (Fsp3) is 0.941. The van der Waals surface area contributed by atoms with Gasteiger partial charge in [-0.25, -0.2) is 4.79 Å². The molecule has 1 aliphatic carbocycles. The van der Waals surface area contributed by atoms with Crippen molar-refractivity contribution in [2.24, 2.45) is 16.6 Å². The van der Waals surface area contributed by atoms with Crippen LogP contribution < -0.4 is 5.73 Å². The van der Waals surface area contributed by atoms with E-state index in [1.165, 1.54) is 0 Å². The van der Waals surface area contributed by atoms with Crippen LogP contribution in [0.5, 0.6) is 0 Å². The quantitative estimate of drug-likeness (QED) is 0.848. The molecule has 1 heterocycles. The van der Waals surface area contributed by atoms with Crippen LogP contribution in [0.1, 0.15) is 67.2 Å². The molecular formula is C17H32N2O2. The number of amides is 1. The second-order valence-corrected chi connectivity index (χ2v) is 8.85. The Morgan fingerprint density at radius 2 is 1.86 bits per heavy atom. The van der Waals surface area contributed by atoms with Crippen LogP contribution in [0.15, 0.2) is 0 Å². The molecule has 2 N–H and O–H groups in total. The minimum Gasteiger partial charge on any atom is -0.444 e. The third-order valence-corrected chi connectivity index (χ3v) is 5.09. The number of carbonyl (C=O) groups is 1. The Balaban J connectivity index is 2.21. The van der Waals surface area contributed by atoms with Crippen molar-refractivity contribution in [2.75, 3.05) is 6.54 Å². The van der Waals surface area contributed by atoms with E-state index in [9.17, 15) is 4.79 Å². The fourth-order valence-corrected chi connectivity index (χ4v) is 3.68. The average Bonchev–Trinajstić information content (AvgIpc) is 3.06. The molecule has 1 amide bonds. The predicted molar refractivity (Wildman–Crippen MR) is 85.1 cm³/mol. The summed E-state index contributed by atoms with van der Waals surface area (Å²) >= 11 is 0. The summed E-state index contributed by atoms with van der Waals surface area (Å²) in [5.41, 5.74) is 6.06. The Hall–Kier alpha value is -0.770. The highest BCUT2D eigenvalue weighted by Gasteiger charge is 2.57. The van der Waals surface area contributed by atoms with Crippen molar-refractivity contribution in [3.05, 3.63) is 0 Å². The van der Waals surface area contributed by atoms with Gasteiger partial charge in [0.1, 0.15) is 5.60 Å². The normalized spacial score (nSPS) is 28.9. The van der Waals surface area contributed by atoms with Crippen LogP contribution in [0.4, 0.5) is 4.79 Å². The van der Waals surface area contributed by atoms with E-state index in [4.69, 9.17) is 10.5 Å². The monoisotopic (exact) mass is 296 g/mol. The van der Waals surface area contributed by atoms with Crippen LogP contribution in [-0.4, -0.2) is 35.2 Å². The van der Waals surface area contributed by atoms with Gasteiger partial charge >= 0.3 is 6.09 Å². The lowest BCUT2D eigenvalue weighted by Crippen LogP contribution is -2.57. The van der Waals surface area contributed by atoms with E-state index in [0.29, 0.717) is 0 Å². The van der Waals surface area contributed by atoms with Crippen molar-refractivity contribution in [2.45, 2.75) is 84.9 Å². The predicted octanol–water partition coefficient (Wildman–Crippen LogP) is 3.54. The first-order valence-electron chi connectivity index (χ1n) is 8.22. The maximum Gasteiger partial charge on any atom is 0.410 e. The van der Waals surface area contributed by atoms with Gasteiger partial charge in [-0.3, -0.25) is 0 Å². The molecule has 2 fully saturated rings. The maximum absolute atomic E-state index is 12.7. The Labute approximate surface area is 129 Å². The molecule has 1 aliphatic heterocycles. The van der Waals surface area contributed by atoms with Crippen molar-refractivity contribution < 1.29 is 9.53 Å². The number of hydrogen-bond donors (Lipinski definition) is 1. The van der Waals surface area contributed by atoms with Gasteiger partial charge in [-0.1, -0.05) is 13.8 Å². The van der Waals surface area contributed by atoms with Gasteiger partial charge in [0.05, 0.1) is 0 Å². The molecule has 0 bridgehead atoms. The van der Waals surface area contributed by atoms with E-state index in [-0.39, 0.29) is 29.0 Å². The van der Waals surface area contributed by atoms with Crippen LogP contribution in [0.2, 0.25) is 0 Å². The first-order valence-corrected chi connectivity index (χ1v) is 8.22. The van der Waals surface area contributed by atoms with E-state index in [2.05, 4.69) is 20.8 Å². The van der Waals surface area contributed by atoms with Crippen molar-refractivity contribution in [1.29, 1.82) is 0 Å². The zero-order chi connectivity index (χ0) is 16.1. The zero-order valence-electron chi connectivity index (χ0n) is 14.5. The molecule has 2 aliphatic rings. The molecule has 0 aromatic heterocycles. The Morgan fingerprint density at radius 3 is 2.29 bits per heavy atom. The van der Waals surface area contributed by atoms with Crippen LogP contribution >= 0.6 is 0 Å². The Bertz CT molecular complexity index is 406. The molecule has 2 unspecified atom stereocenters. The number of nitrogens with zero attached hydrogens (tertiary/aromatic N) is 1. The molecule has 122 valence electrons. The molecule has 0 spiro atoms. The second kappa shape index (κ2) is 5.15. The highest BCUT2D eigenvalue weighted by atomic mass is 16.6. The number of ether oxygens (including phenoxy) is 1. The Morgan fingerprint density at radius 1 is 1.29 bits per heavy atom. The third-order valence-electron chi connectivity index (χ3n) is 5.09. The van der Waals surface area contributed by atoms with Gasteiger partial charge in [0.15, 0.2) is 0 Å². The van der Waals surface area contributed by atoms with Crippen molar-refractivity contribution in [3.8, 4) is 0 Å². The molecule has 21 heavy (non-hydrogen) atoms. The summed E-state index contributed by atoms with van der Waals surface area (Å²) in [5.74, 6) is 0. The van der Waals surface area contributed by atoms with E-state index >= 15 is 0 Å². The SMILES string of the molecule is CC(N)C1(C2CCC(C)(C)CN2C(=O)OC(C)(C)C)CC1. The lowest BCUT2D eigenvalue weighted by Gasteiger charge is -2.48. The zero-order valence-corrected chi connectivity index (χ0v) is 14.5. The summed E-state index contributed by atoms with van der Waals surface area (Å²) in [6.07, 6.45) is 4.27. The summed E-state index contributed by atoms with van der Waals surface area (Å²) in [6, 6.07) is 0.369. The molecule has 1 saturated carbocycles. The number of carbonyl (C=O) groups excluding carboxylic acids is 1. The largest absolute Gasteiger partial charge is 0.444 e. The third kappa shape index (κ3) is 3.53. The number of likely N-dealkylation sites (tertiary alicyclic amines) is 1. The van der Waals surface area contributed by atoms with Crippen molar-refractivity contribution >= 4 is 6.09 Å². The average molecular weight is 296 g/mol. The van der Waals surface area contributed by atoms with E-state index in [1.54, 1.807) is 0 Å². The second-order valence-electron chi connectivity index (χ2n) is 8.85. The molecule has 0 aromatic rings. The first-order chi connectivity index (χ1) is 9.47. The van der Waals surface area contributed by atoms with Gasteiger partial charge in [0, 0.05) is 24.0 Å². The highest BCUT2D eigenvalue weighted by Crippen LogP contribution is 2.56. The molecular weight excluding hydrogens is 264 g/mol. The summed E-state index contributed by atoms with van der Waals surface area (Å²) < 4.78 is 5.65. The van der Waals surface area contributed by atoms with Gasteiger partial charge in [-0.2, -0.15) is 0 Å². The fourth-order valence-electron chi connectivity index (χ4n) is 3.68. The van der Waals surface area contributed by atoms with Gasteiger partial charge in [-0.05, 0) is 58.8 Å². The lowest BCUT2D eigenvalue weighted by molar-refractivity contribution is -0.0241. The van der Waals surface area contributed by atoms with Gasteiger partial charge in [-0.15, -0.1) is 0 Å². The number of piperidine rings is 1. The lowest BCUT2D eigenvalue weighted by atomic mass is 9.75. The summed E-state index contributed by atoms with van der Waals surface area (Å²) in [4.78, 5) is 14.6. The van der Waals surface area contributed by atoms with Crippen LogP contribution in [0, 0.1) is 10.8 Å². The van der Waals surface area contributed by atoms with E-state index in [1.807, 2.05) is 25.7 Å². The van der Waals surface area contributed by atoms with E-state index in [0.717, 1.165) is 32.2 Å². The number of hydrogen-bond acceptors (Lipinski definition) is 3. The van der Waals surface area contributed by atoms with Crippen molar-refractivity contribution in [1.82, 2.24) is 4.90 Å². The molecule has 4 nitrogen and oxygen atoms in total. The van der Waals surface area contributed by atoms with E-state index < -0.39 is 5.60 Å². The van der Waals surface area contributed by atoms with Crippen LogP contribution in [0.3, 0.4) is 0 Å². The Kier molecular flexibility index (Phi) is 4.07. The van der Waals surface area contributed by atoms with Crippen LogP contribution in [-0.2, 0) is 4.74 Å².